The van der Waals surface area contributed by atoms with Gasteiger partial charge in [-0.3, -0.25) is 9.59 Å². The van der Waals surface area contributed by atoms with Crippen LogP contribution in [-0.4, -0.2) is 24.3 Å². The van der Waals surface area contributed by atoms with Gasteiger partial charge in [0, 0.05) is 18.5 Å². The topological polar surface area (TPSA) is 55.4 Å². The Morgan fingerprint density at radius 1 is 1.10 bits per heavy atom. The molecule has 1 aromatic rings. The number of rotatable bonds is 2. The number of fused-ring (bicyclic) bond motifs is 1. The second kappa shape index (κ2) is 5.65. The van der Waals surface area contributed by atoms with E-state index in [-0.39, 0.29) is 11.7 Å². The van der Waals surface area contributed by atoms with Crippen LogP contribution in [0.1, 0.15) is 48.0 Å². The Bertz CT molecular complexity index is 539. The Kier molecular flexibility index (Phi) is 3.72. The van der Waals surface area contributed by atoms with Crippen molar-refractivity contribution in [2.45, 2.75) is 44.6 Å². The molecule has 1 N–H and O–H groups in total. The van der Waals surface area contributed by atoms with Crippen LogP contribution in [0.4, 0.5) is 0 Å². The molecule has 1 aliphatic heterocycles. The third-order valence-electron chi connectivity index (χ3n) is 3.99. The number of hydrogen-bond donors (Lipinski definition) is 1. The van der Waals surface area contributed by atoms with Gasteiger partial charge in [-0.2, -0.15) is 0 Å². The fraction of sp³-hybridized carbons (Fsp3) is 0.500. The van der Waals surface area contributed by atoms with E-state index in [1.165, 1.54) is 0 Å². The van der Waals surface area contributed by atoms with Gasteiger partial charge < -0.3 is 10.1 Å². The van der Waals surface area contributed by atoms with Gasteiger partial charge in [0.1, 0.15) is 5.75 Å². The highest BCUT2D eigenvalue weighted by atomic mass is 16.5. The molecule has 4 heteroatoms. The lowest BCUT2D eigenvalue weighted by Crippen LogP contribution is -2.36. The number of benzene rings is 1. The molecule has 1 fully saturated rings. The first-order valence-electron chi connectivity index (χ1n) is 7.34. The van der Waals surface area contributed by atoms with Crippen molar-refractivity contribution in [3.05, 3.63) is 29.3 Å². The molecule has 3 rings (SSSR count). The zero-order valence-corrected chi connectivity index (χ0v) is 11.5. The van der Waals surface area contributed by atoms with Crippen LogP contribution in [0.3, 0.4) is 0 Å². The fourth-order valence-electron chi connectivity index (χ4n) is 2.88. The number of carbonyl (C=O) groups excluding carboxylic acids is 2. The molecule has 20 heavy (non-hydrogen) atoms. The molecule has 1 heterocycles. The Labute approximate surface area is 118 Å². The van der Waals surface area contributed by atoms with Crippen molar-refractivity contribution in [3.63, 3.8) is 0 Å². The molecule has 0 bridgehead atoms. The van der Waals surface area contributed by atoms with Crippen molar-refractivity contribution in [1.29, 1.82) is 0 Å². The van der Waals surface area contributed by atoms with Gasteiger partial charge in [-0.15, -0.1) is 0 Å². The number of hydrogen-bond acceptors (Lipinski definition) is 3. The summed E-state index contributed by atoms with van der Waals surface area (Å²) in [6, 6.07) is 5.56. The van der Waals surface area contributed by atoms with Gasteiger partial charge in [-0.1, -0.05) is 0 Å². The molecule has 1 aliphatic carbocycles. The van der Waals surface area contributed by atoms with Gasteiger partial charge >= 0.3 is 0 Å². The lowest BCUT2D eigenvalue weighted by molar-refractivity contribution is -0.127. The molecule has 4 nitrogen and oxygen atoms in total. The third-order valence-corrected chi connectivity index (χ3v) is 3.99. The highest BCUT2D eigenvalue weighted by Crippen LogP contribution is 2.26. The molecule has 106 valence electrons. The Morgan fingerprint density at radius 2 is 2.00 bits per heavy atom. The number of ketones is 1. The SMILES string of the molecule is O=C1CCCc2cc(OC3CCCCNC3=O)ccc21. The molecule has 0 radical (unpaired) electrons. The van der Waals surface area contributed by atoms with Gasteiger partial charge in [-0.05, 0) is 55.9 Å². The van der Waals surface area contributed by atoms with Crippen LogP contribution in [0, 0.1) is 0 Å². The number of Topliss-reactive ketones (excluding diaryl/α,β-unsaturated/α-hetero) is 1. The van der Waals surface area contributed by atoms with Crippen molar-refractivity contribution in [2.24, 2.45) is 0 Å². The Morgan fingerprint density at radius 3 is 2.90 bits per heavy atom. The first-order chi connectivity index (χ1) is 9.74. The predicted octanol–water partition coefficient (Wildman–Crippen LogP) is 2.25. The normalized spacial score (nSPS) is 22.7. The van der Waals surface area contributed by atoms with E-state index < -0.39 is 6.10 Å². The van der Waals surface area contributed by atoms with Crippen molar-refractivity contribution in [3.8, 4) is 5.75 Å². The first kappa shape index (κ1) is 13.2. The predicted molar refractivity (Wildman–Crippen MR) is 75.0 cm³/mol. The van der Waals surface area contributed by atoms with E-state index in [1.54, 1.807) is 6.07 Å². The number of nitrogens with one attached hydrogen (secondary N) is 1. The molecule has 1 aromatic carbocycles. The van der Waals surface area contributed by atoms with Crippen LogP contribution in [0.5, 0.6) is 5.75 Å². The standard InChI is InChI=1S/C16H19NO3/c18-14-5-3-4-11-10-12(7-8-13(11)14)20-15-6-1-2-9-17-16(15)19/h7-8,10,15H,1-6,9H2,(H,17,19). The van der Waals surface area contributed by atoms with Crippen LogP contribution < -0.4 is 10.1 Å². The van der Waals surface area contributed by atoms with Crippen LogP contribution in [0.15, 0.2) is 18.2 Å². The summed E-state index contributed by atoms with van der Waals surface area (Å²) in [5.41, 5.74) is 1.86. The van der Waals surface area contributed by atoms with Crippen LogP contribution in [0.2, 0.25) is 0 Å². The minimum Gasteiger partial charge on any atom is -0.481 e. The summed E-state index contributed by atoms with van der Waals surface area (Å²) in [7, 11) is 0. The summed E-state index contributed by atoms with van der Waals surface area (Å²) in [6.45, 7) is 0.734. The van der Waals surface area contributed by atoms with Crippen molar-refractivity contribution in [1.82, 2.24) is 5.32 Å². The van der Waals surface area contributed by atoms with Crippen molar-refractivity contribution < 1.29 is 14.3 Å². The number of amides is 1. The smallest absolute Gasteiger partial charge is 0.261 e. The monoisotopic (exact) mass is 273 g/mol. The van der Waals surface area contributed by atoms with Gasteiger partial charge in [0.15, 0.2) is 11.9 Å². The maximum absolute atomic E-state index is 11.9. The number of ether oxygens (including phenoxy) is 1. The van der Waals surface area contributed by atoms with E-state index in [0.29, 0.717) is 12.2 Å². The van der Waals surface area contributed by atoms with Gasteiger partial charge in [0.2, 0.25) is 0 Å². The fourth-order valence-corrected chi connectivity index (χ4v) is 2.88. The Hall–Kier alpha value is -1.84. The van der Waals surface area contributed by atoms with Gasteiger partial charge in [0.25, 0.3) is 5.91 Å². The third kappa shape index (κ3) is 2.69. The zero-order valence-electron chi connectivity index (χ0n) is 11.5. The summed E-state index contributed by atoms with van der Waals surface area (Å²) in [6.07, 6.45) is 4.79. The minimum absolute atomic E-state index is 0.0312. The summed E-state index contributed by atoms with van der Waals surface area (Å²) >= 11 is 0. The average Bonchev–Trinajstić information content (AvgIpc) is 2.64. The molecular formula is C16H19NO3. The van der Waals surface area contributed by atoms with E-state index in [0.717, 1.165) is 49.8 Å². The maximum Gasteiger partial charge on any atom is 0.261 e. The van der Waals surface area contributed by atoms with Crippen LogP contribution in [-0.2, 0) is 11.2 Å². The van der Waals surface area contributed by atoms with Crippen LogP contribution in [0.25, 0.3) is 0 Å². The van der Waals surface area contributed by atoms with Crippen molar-refractivity contribution in [2.75, 3.05) is 6.54 Å². The molecule has 2 aliphatic rings. The summed E-state index contributed by atoms with van der Waals surface area (Å²) < 4.78 is 5.83. The maximum atomic E-state index is 11.9. The quantitative estimate of drug-likeness (QED) is 0.899. The molecule has 0 spiro atoms. The summed E-state index contributed by atoms with van der Waals surface area (Å²) in [5.74, 6) is 0.877. The van der Waals surface area contributed by atoms with Crippen LogP contribution >= 0.6 is 0 Å². The molecule has 1 saturated heterocycles. The van der Waals surface area contributed by atoms with Crippen molar-refractivity contribution >= 4 is 11.7 Å². The zero-order chi connectivity index (χ0) is 13.9. The summed E-state index contributed by atoms with van der Waals surface area (Å²) in [4.78, 5) is 23.6. The second-order valence-corrected chi connectivity index (χ2v) is 5.49. The molecule has 1 amide bonds. The molecule has 1 unspecified atom stereocenters. The second-order valence-electron chi connectivity index (χ2n) is 5.49. The summed E-state index contributed by atoms with van der Waals surface area (Å²) in [5, 5.41) is 2.87. The Balaban J connectivity index is 1.77. The van der Waals surface area contributed by atoms with Gasteiger partial charge in [0.05, 0.1) is 0 Å². The lowest BCUT2D eigenvalue weighted by Gasteiger charge is -2.19. The van der Waals surface area contributed by atoms with E-state index in [9.17, 15) is 9.59 Å². The molecule has 0 aromatic heterocycles. The van der Waals surface area contributed by atoms with E-state index in [4.69, 9.17) is 4.74 Å². The average molecular weight is 273 g/mol. The lowest BCUT2D eigenvalue weighted by atomic mass is 9.90. The largest absolute Gasteiger partial charge is 0.481 e. The van der Waals surface area contributed by atoms with E-state index >= 15 is 0 Å². The number of carbonyl (C=O) groups is 2. The highest BCUT2D eigenvalue weighted by molar-refractivity contribution is 5.98. The number of aryl methyl sites for hydroxylation is 1. The molecular weight excluding hydrogens is 254 g/mol. The van der Waals surface area contributed by atoms with E-state index in [1.807, 2.05) is 12.1 Å². The molecule has 1 atom stereocenters. The highest BCUT2D eigenvalue weighted by Gasteiger charge is 2.23. The first-order valence-corrected chi connectivity index (χ1v) is 7.34. The molecule has 0 saturated carbocycles. The van der Waals surface area contributed by atoms with Gasteiger partial charge in [-0.25, -0.2) is 0 Å². The minimum atomic E-state index is -0.408. The van der Waals surface area contributed by atoms with E-state index in [2.05, 4.69) is 5.32 Å².